The minimum absolute atomic E-state index is 0.0452. The second-order valence-electron chi connectivity index (χ2n) is 4.69. The molecular weight excluding hydrogens is 286 g/mol. The molecule has 0 fully saturated rings. The van der Waals surface area contributed by atoms with Crippen LogP contribution in [0, 0.1) is 10.1 Å². The van der Waals surface area contributed by atoms with Gasteiger partial charge in [0.1, 0.15) is 5.01 Å². The zero-order valence-electron chi connectivity index (χ0n) is 11.3. The summed E-state index contributed by atoms with van der Waals surface area (Å²) >= 11 is 1.65. The lowest BCUT2D eigenvalue weighted by molar-refractivity contribution is -0.384. The van der Waals surface area contributed by atoms with Crippen molar-refractivity contribution in [2.24, 2.45) is 0 Å². The summed E-state index contributed by atoms with van der Waals surface area (Å²) in [7, 11) is 0. The third-order valence-electron chi connectivity index (χ3n) is 3.14. The normalized spacial score (nSPS) is 12.2. The number of thiazole rings is 1. The maximum absolute atomic E-state index is 10.6. The van der Waals surface area contributed by atoms with E-state index in [2.05, 4.69) is 16.4 Å². The molecule has 106 valence electrons. The van der Waals surface area contributed by atoms with Gasteiger partial charge >= 0.3 is 0 Å². The van der Waals surface area contributed by atoms with Crippen LogP contribution in [0.25, 0.3) is 10.2 Å². The number of anilines is 1. The number of nitrogens with zero attached hydrogens (tertiary/aromatic N) is 2. The van der Waals surface area contributed by atoms with Gasteiger partial charge in [-0.1, -0.05) is 12.1 Å². The Morgan fingerprint density at radius 1 is 1.19 bits per heavy atom. The van der Waals surface area contributed by atoms with Crippen molar-refractivity contribution in [1.29, 1.82) is 0 Å². The number of para-hydroxylation sites is 1. The van der Waals surface area contributed by atoms with Gasteiger partial charge in [-0.2, -0.15) is 0 Å². The van der Waals surface area contributed by atoms with Crippen molar-refractivity contribution < 1.29 is 4.92 Å². The van der Waals surface area contributed by atoms with E-state index in [0.717, 1.165) is 20.9 Å². The average molecular weight is 299 g/mol. The highest BCUT2D eigenvalue weighted by Gasteiger charge is 2.12. The van der Waals surface area contributed by atoms with Crippen LogP contribution in [-0.4, -0.2) is 9.91 Å². The SMILES string of the molecule is CC(Nc1ccc([N+](=O)[O-])cc1)c1nc2ccccc2s1. The third-order valence-corrected chi connectivity index (χ3v) is 4.36. The molecule has 0 aliphatic rings. The minimum atomic E-state index is -0.402. The molecule has 0 saturated carbocycles. The van der Waals surface area contributed by atoms with Crippen LogP contribution in [0.3, 0.4) is 0 Å². The molecule has 1 atom stereocenters. The molecule has 1 heterocycles. The van der Waals surface area contributed by atoms with Gasteiger partial charge in [0.25, 0.3) is 5.69 Å². The first-order chi connectivity index (χ1) is 10.1. The molecule has 0 bridgehead atoms. The molecule has 0 saturated heterocycles. The molecule has 1 N–H and O–H groups in total. The summed E-state index contributed by atoms with van der Waals surface area (Å²) in [6.45, 7) is 2.03. The molecule has 6 heteroatoms. The Morgan fingerprint density at radius 2 is 1.90 bits per heavy atom. The Bertz CT molecular complexity index is 750. The molecule has 0 aliphatic heterocycles. The van der Waals surface area contributed by atoms with Gasteiger partial charge in [-0.05, 0) is 31.2 Å². The second-order valence-corrected chi connectivity index (χ2v) is 5.75. The largest absolute Gasteiger partial charge is 0.376 e. The second kappa shape index (κ2) is 5.49. The van der Waals surface area contributed by atoms with E-state index in [4.69, 9.17) is 0 Å². The van der Waals surface area contributed by atoms with Crippen molar-refractivity contribution >= 4 is 32.9 Å². The minimum Gasteiger partial charge on any atom is -0.376 e. The monoisotopic (exact) mass is 299 g/mol. The lowest BCUT2D eigenvalue weighted by atomic mass is 10.2. The summed E-state index contributed by atoms with van der Waals surface area (Å²) in [4.78, 5) is 14.8. The number of fused-ring (bicyclic) bond motifs is 1. The number of nitro groups is 1. The van der Waals surface area contributed by atoms with Crippen molar-refractivity contribution in [3.63, 3.8) is 0 Å². The fourth-order valence-corrected chi connectivity index (χ4v) is 3.04. The van der Waals surface area contributed by atoms with Crippen LogP contribution in [0.1, 0.15) is 18.0 Å². The summed E-state index contributed by atoms with van der Waals surface area (Å²) in [6, 6.07) is 14.5. The van der Waals surface area contributed by atoms with E-state index in [1.807, 2.05) is 25.1 Å². The number of hydrogen-bond acceptors (Lipinski definition) is 5. The number of rotatable bonds is 4. The van der Waals surface area contributed by atoms with E-state index in [1.54, 1.807) is 23.5 Å². The maximum Gasteiger partial charge on any atom is 0.269 e. The van der Waals surface area contributed by atoms with Crippen LogP contribution in [0.4, 0.5) is 11.4 Å². The fourth-order valence-electron chi connectivity index (χ4n) is 2.07. The van der Waals surface area contributed by atoms with Gasteiger partial charge < -0.3 is 5.32 Å². The highest BCUT2D eigenvalue weighted by atomic mass is 32.1. The van der Waals surface area contributed by atoms with Gasteiger partial charge in [-0.3, -0.25) is 10.1 Å². The first kappa shape index (κ1) is 13.5. The smallest absolute Gasteiger partial charge is 0.269 e. The van der Waals surface area contributed by atoms with Crippen molar-refractivity contribution in [1.82, 2.24) is 4.98 Å². The van der Waals surface area contributed by atoms with Crippen molar-refractivity contribution in [2.45, 2.75) is 13.0 Å². The molecule has 2 aromatic carbocycles. The number of nitrogens with one attached hydrogen (secondary N) is 1. The molecule has 21 heavy (non-hydrogen) atoms. The van der Waals surface area contributed by atoms with Crippen LogP contribution in [0.15, 0.2) is 48.5 Å². The molecule has 0 aliphatic carbocycles. The Balaban J connectivity index is 1.78. The summed E-state index contributed by atoms with van der Waals surface area (Å²) in [6.07, 6.45) is 0. The zero-order chi connectivity index (χ0) is 14.8. The molecule has 0 amide bonds. The molecular formula is C15H13N3O2S. The lowest BCUT2D eigenvalue weighted by Crippen LogP contribution is -2.06. The van der Waals surface area contributed by atoms with Crippen LogP contribution in [0.5, 0.6) is 0 Å². The Labute approximate surface area is 125 Å². The summed E-state index contributed by atoms with van der Waals surface area (Å²) in [5.41, 5.74) is 1.93. The number of nitro benzene ring substituents is 1. The predicted molar refractivity (Wildman–Crippen MR) is 84.8 cm³/mol. The Morgan fingerprint density at radius 3 is 2.57 bits per heavy atom. The summed E-state index contributed by atoms with van der Waals surface area (Å²) in [5, 5.41) is 14.9. The van der Waals surface area contributed by atoms with Crippen LogP contribution in [0.2, 0.25) is 0 Å². The fraction of sp³-hybridized carbons (Fsp3) is 0.133. The highest BCUT2D eigenvalue weighted by molar-refractivity contribution is 7.18. The van der Waals surface area contributed by atoms with Crippen molar-refractivity contribution in [3.05, 3.63) is 63.7 Å². The van der Waals surface area contributed by atoms with E-state index < -0.39 is 4.92 Å². The number of non-ortho nitro benzene ring substituents is 1. The first-order valence-electron chi connectivity index (χ1n) is 6.50. The van der Waals surface area contributed by atoms with Gasteiger partial charge in [0.2, 0.25) is 0 Å². The van der Waals surface area contributed by atoms with E-state index in [-0.39, 0.29) is 11.7 Å². The molecule has 5 nitrogen and oxygen atoms in total. The first-order valence-corrected chi connectivity index (χ1v) is 7.31. The topological polar surface area (TPSA) is 68.1 Å². The van der Waals surface area contributed by atoms with Gasteiger partial charge in [0, 0.05) is 17.8 Å². The number of benzene rings is 2. The number of aromatic nitrogens is 1. The van der Waals surface area contributed by atoms with Crippen molar-refractivity contribution in [3.8, 4) is 0 Å². The van der Waals surface area contributed by atoms with E-state index in [1.165, 1.54) is 12.1 Å². The van der Waals surface area contributed by atoms with E-state index in [0.29, 0.717) is 0 Å². The quantitative estimate of drug-likeness (QED) is 0.573. The molecule has 3 rings (SSSR count). The van der Waals surface area contributed by atoms with E-state index in [9.17, 15) is 10.1 Å². The van der Waals surface area contributed by atoms with Gasteiger partial charge in [-0.15, -0.1) is 11.3 Å². The standard InChI is InChI=1S/C15H13N3O2S/c1-10(15-17-13-4-2-3-5-14(13)21-15)16-11-6-8-12(9-7-11)18(19)20/h2-10,16H,1H3. The van der Waals surface area contributed by atoms with Gasteiger partial charge in [-0.25, -0.2) is 4.98 Å². The average Bonchev–Trinajstić information content (AvgIpc) is 2.92. The van der Waals surface area contributed by atoms with Crippen LogP contribution < -0.4 is 5.32 Å². The zero-order valence-corrected chi connectivity index (χ0v) is 12.1. The van der Waals surface area contributed by atoms with Crippen molar-refractivity contribution in [2.75, 3.05) is 5.32 Å². The maximum atomic E-state index is 10.6. The molecule has 0 radical (unpaired) electrons. The molecule has 3 aromatic rings. The predicted octanol–water partition coefficient (Wildman–Crippen LogP) is 4.38. The third kappa shape index (κ3) is 2.85. The van der Waals surface area contributed by atoms with Gasteiger partial charge in [0.15, 0.2) is 0 Å². The van der Waals surface area contributed by atoms with Crippen LogP contribution in [-0.2, 0) is 0 Å². The summed E-state index contributed by atoms with van der Waals surface area (Å²) < 4.78 is 1.16. The number of hydrogen-bond donors (Lipinski definition) is 1. The Hall–Kier alpha value is -2.47. The van der Waals surface area contributed by atoms with Gasteiger partial charge in [0.05, 0.1) is 21.2 Å². The highest BCUT2D eigenvalue weighted by Crippen LogP contribution is 2.28. The van der Waals surface area contributed by atoms with Crippen LogP contribution >= 0.6 is 11.3 Å². The van der Waals surface area contributed by atoms with E-state index >= 15 is 0 Å². The Kier molecular flexibility index (Phi) is 3.53. The lowest BCUT2D eigenvalue weighted by Gasteiger charge is -2.12. The molecule has 1 unspecified atom stereocenters. The molecule has 0 spiro atoms. The molecule has 1 aromatic heterocycles. The summed E-state index contributed by atoms with van der Waals surface area (Å²) in [5.74, 6) is 0.